The van der Waals surface area contributed by atoms with Crippen molar-refractivity contribution >= 4 is 90.6 Å². The predicted molar refractivity (Wildman–Crippen MR) is 254 cm³/mol. The Morgan fingerprint density at radius 1 is 0.750 bits per heavy atom. The third-order valence-corrected chi connectivity index (χ3v) is 11.8. The number of nitrogens with two attached hydrogens (primary N) is 3. The molecule has 2 rings (SSSR count). The van der Waals surface area contributed by atoms with Crippen LogP contribution in [0.4, 0.5) is 0 Å². The van der Waals surface area contributed by atoms with Crippen molar-refractivity contribution in [1.29, 1.82) is 0 Å². The van der Waals surface area contributed by atoms with Crippen molar-refractivity contribution in [3.63, 3.8) is 0 Å². The van der Waals surface area contributed by atoms with E-state index in [2.05, 4.69) is 62.5 Å². The van der Waals surface area contributed by atoms with Crippen LogP contribution in [0.1, 0.15) is 78.2 Å². The maximum absolute atomic E-state index is 14.0. The summed E-state index contributed by atoms with van der Waals surface area (Å²) >= 11 is 8.28. The van der Waals surface area contributed by atoms with Gasteiger partial charge in [0.1, 0.15) is 54.3 Å². The van der Waals surface area contributed by atoms with E-state index in [4.69, 9.17) is 17.2 Å². The predicted octanol–water partition coefficient (Wildman–Crippen LogP) is -3.43. The third kappa shape index (κ3) is 19.0. The molecule has 1 heterocycles. The molecule has 1 aliphatic heterocycles. The second-order valence-corrected chi connectivity index (χ2v) is 17.7. The van der Waals surface area contributed by atoms with Crippen molar-refractivity contribution in [2.45, 2.75) is 127 Å². The Morgan fingerprint density at radius 3 is 1.90 bits per heavy atom. The number of primary amides is 2. The van der Waals surface area contributed by atoms with Gasteiger partial charge in [0.15, 0.2) is 0 Å². The summed E-state index contributed by atoms with van der Waals surface area (Å²) in [7, 11) is 0. The Hall–Kier alpha value is -5.95. The van der Waals surface area contributed by atoms with Crippen LogP contribution in [0.2, 0.25) is 0 Å². The van der Waals surface area contributed by atoms with Crippen LogP contribution in [-0.4, -0.2) is 148 Å². The molecule has 9 atom stereocenters. The van der Waals surface area contributed by atoms with E-state index in [1.165, 1.54) is 29.2 Å². The lowest BCUT2D eigenvalue weighted by molar-refractivity contribution is -0.142. The van der Waals surface area contributed by atoms with E-state index in [1.54, 1.807) is 13.8 Å². The highest BCUT2D eigenvalue weighted by Gasteiger charge is 2.40. The number of hydrogen-bond acceptors (Lipinski definition) is 15. The van der Waals surface area contributed by atoms with Crippen molar-refractivity contribution in [3.05, 3.63) is 29.8 Å². The van der Waals surface area contributed by atoms with Gasteiger partial charge in [-0.05, 0) is 55.2 Å². The summed E-state index contributed by atoms with van der Waals surface area (Å²) < 4.78 is 0. The van der Waals surface area contributed by atoms with Crippen molar-refractivity contribution in [2.75, 3.05) is 24.6 Å². The van der Waals surface area contributed by atoms with E-state index >= 15 is 0 Å². The number of carbonyl (C=O) groups excluding carboxylic acids is 11. The smallest absolute Gasteiger partial charge is 0.246 e. The number of carbonyl (C=O) groups is 11. The molecule has 1 aromatic carbocycles. The molecule has 1 aromatic rings. The molecule has 23 nitrogen and oxygen atoms in total. The first-order valence-electron chi connectivity index (χ1n) is 22.2. The molecule has 0 spiro atoms. The van der Waals surface area contributed by atoms with Gasteiger partial charge in [-0.15, -0.1) is 0 Å². The minimum atomic E-state index is -1.75. The highest BCUT2D eigenvalue weighted by Crippen LogP contribution is 2.20. The van der Waals surface area contributed by atoms with Crippen LogP contribution in [0.15, 0.2) is 24.3 Å². The maximum Gasteiger partial charge on any atom is 0.246 e. The molecule has 378 valence electrons. The second kappa shape index (κ2) is 29.1. The Labute approximate surface area is 405 Å². The monoisotopic (exact) mass is 993 g/mol. The summed E-state index contributed by atoms with van der Waals surface area (Å²) in [5, 5.41) is 27.3. The van der Waals surface area contributed by atoms with Gasteiger partial charge >= 0.3 is 0 Å². The number of phenolic OH excluding ortho intramolecular Hbond substituents is 1. The lowest BCUT2D eigenvalue weighted by Gasteiger charge is -2.30. The fourth-order valence-corrected chi connectivity index (χ4v) is 7.50. The summed E-state index contributed by atoms with van der Waals surface area (Å²) in [6.45, 7) is 6.87. The van der Waals surface area contributed by atoms with Gasteiger partial charge in [-0.25, -0.2) is 0 Å². The summed E-state index contributed by atoms with van der Waals surface area (Å²) in [6, 6.07) is -4.70. The standard InChI is InChI=1S/C43H67N11O12S2/c1-5-23(4)35(53-40(63)29(49-36(59)26(44)20-67)18-24-8-10-25(56)11-9-24)42(65)48-27(12-13-33(45)57)38(61)50-30(19-34(46)58)39(62)52-31(21-68)43(66)54-15-6-7-32(54)41(64)51-28(17-22(2)3)37(60)47-14-16-55/h8-11,16,22-23,26-32,35,56,67-68H,5-7,12-15,17-21,44H2,1-4H3,(H2,45,57)(H2,46,58)(H,47,60)(H,48,65)(H,49,59)(H,50,61)(H,51,64)(H,52,62)(H,53,63)/t23-,26-,27-,28-,29-,30-,31-,32-,35-/m0/s1. The number of aromatic hydroxyl groups is 1. The van der Waals surface area contributed by atoms with E-state index in [0.717, 1.165) is 0 Å². The fourth-order valence-electron chi connectivity index (χ4n) is 7.09. The Balaban J connectivity index is 2.34. The minimum absolute atomic E-state index is 0.0298. The second-order valence-electron chi connectivity index (χ2n) is 16.9. The minimum Gasteiger partial charge on any atom is -0.508 e. The normalized spacial score (nSPS) is 16.8. The number of benzene rings is 1. The zero-order chi connectivity index (χ0) is 51.2. The average Bonchev–Trinajstić information content (AvgIpc) is 3.79. The fraction of sp³-hybridized carbons (Fsp3) is 0.605. The Bertz CT molecular complexity index is 1960. The molecule has 0 aliphatic carbocycles. The van der Waals surface area contributed by atoms with Gasteiger partial charge in [-0.2, -0.15) is 25.3 Å². The first-order chi connectivity index (χ1) is 32.1. The number of amides is 10. The average molecular weight is 994 g/mol. The number of hydrogen-bond donors (Lipinski definition) is 13. The lowest BCUT2D eigenvalue weighted by Crippen LogP contribution is -2.61. The first-order valence-corrected chi connectivity index (χ1v) is 23.5. The SMILES string of the molecule is CC[C@H](C)[C@H](NC(=O)[C@H](Cc1ccc(O)cc1)NC(=O)[C@@H](N)CS)C(=O)N[C@@H](CCC(N)=O)C(=O)N[C@@H](CC(N)=O)C(=O)N[C@@H](CS)C(=O)N1CCC[C@H]1C(=O)N[C@@H](CC(C)C)C(=O)NCC=O. The first kappa shape index (κ1) is 58.2. The van der Waals surface area contributed by atoms with Crippen molar-refractivity contribution in [3.8, 4) is 5.75 Å². The van der Waals surface area contributed by atoms with E-state index in [1.807, 2.05) is 13.8 Å². The highest BCUT2D eigenvalue weighted by atomic mass is 32.1. The topological polar surface area (TPSA) is 374 Å². The van der Waals surface area contributed by atoms with Crippen LogP contribution in [0.5, 0.6) is 5.75 Å². The van der Waals surface area contributed by atoms with Gasteiger partial charge in [-0.1, -0.05) is 46.2 Å². The third-order valence-electron chi connectivity index (χ3n) is 11.0. The zero-order valence-corrected chi connectivity index (χ0v) is 40.4. The quantitative estimate of drug-likeness (QED) is 0.0275. The van der Waals surface area contributed by atoms with Crippen LogP contribution in [0.3, 0.4) is 0 Å². The summed E-state index contributed by atoms with van der Waals surface area (Å²) in [6.07, 6.45) is -0.0687. The van der Waals surface area contributed by atoms with E-state index in [-0.39, 0.29) is 55.5 Å². The van der Waals surface area contributed by atoms with Crippen molar-refractivity contribution < 1.29 is 57.8 Å². The number of thiol groups is 2. The molecule has 68 heavy (non-hydrogen) atoms. The molecule has 0 saturated carbocycles. The zero-order valence-electron chi connectivity index (χ0n) is 38.7. The molecule has 25 heteroatoms. The van der Waals surface area contributed by atoms with E-state index < -0.39 is 133 Å². The Morgan fingerprint density at radius 2 is 1.34 bits per heavy atom. The largest absolute Gasteiger partial charge is 0.508 e. The molecule has 1 fully saturated rings. The van der Waals surface area contributed by atoms with Crippen LogP contribution in [-0.2, 0) is 59.2 Å². The summed E-state index contributed by atoms with van der Waals surface area (Å²) in [4.78, 5) is 145. The van der Waals surface area contributed by atoms with Gasteiger partial charge in [0.25, 0.3) is 0 Å². The van der Waals surface area contributed by atoms with Crippen LogP contribution in [0.25, 0.3) is 0 Å². The highest BCUT2D eigenvalue weighted by molar-refractivity contribution is 7.80. The summed E-state index contributed by atoms with van der Waals surface area (Å²) in [5.74, 6) is -9.45. The summed E-state index contributed by atoms with van der Waals surface area (Å²) in [5.41, 5.74) is 17.2. The van der Waals surface area contributed by atoms with Crippen molar-refractivity contribution in [1.82, 2.24) is 42.1 Å². The molecule has 1 aliphatic rings. The maximum atomic E-state index is 14.0. The molecule has 0 radical (unpaired) electrons. The molecule has 14 N–H and O–H groups in total. The lowest BCUT2D eigenvalue weighted by atomic mass is 9.96. The van der Waals surface area contributed by atoms with Crippen LogP contribution >= 0.6 is 25.3 Å². The Kier molecular flexibility index (Phi) is 24.9. The molecule has 0 bridgehead atoms. The molecule has 0 aromatic heterocycles. The van der Waals surface area contributed by atoms with Gasteiger partial charge < -0.3 is 69.2 Å². The molecular weight excluding hydrogens is 927 g/mol. The molecule has 1 saturated heterocycles. The van der Waals surface area contributed by atoms with Crippen molar-refractivity contribution in [2.24, 2.45) is 29.0 Å². The van der Waals surface area contributed by atoms with Gasteiger partial charge in [0.2, 0.25) is 59.1 Å². The number of nitrogens with zero attached hydrogens (tertiary/aromatic N) is 1. The molecule has 0 unspecified atom stereocenters. The van der Waals surface area contributed by atoms with E-state index in [9.17, 15) is 57.8 Å². The van der Waals surface area contributed by atoms with Gasteiger partial charge in [0.05, 0.1) is 19.0 Å². The van der Waals surface area contributed by atoms with E-state index in [0.29, 0.717) is 24.7 Å². The van der Waals surface area contributed by atoms with Crippen LogP contribution in [0, 0.1) is 11.8 Å². The number of rotatable bonds is 29. The number of nitrogens with one attached hydrogen (secondary N) is 7. The number of phenols is 1. The number of likely N-dealkylation sites (tertiary alicyclic amines) is 1. The molecule has 10 amide bonds. The van der Waals surface area contributed by atoms with Gasteiger partial charge in [-0.3, -0.25) is 47.9 Å². The number of aldehydes is 1. The van der Waals surface area contributed by atoms with Gasteiger partial charge in [0, 0.05) is 30.9 Å². The molecular formula is C43H67N11O12S2. The van der Waals surface area contributed by atoms with Crippen LogP contribution < -0.4 is 54.4 Å².